The summed E-state index contributed by atoms with van der Waals surface area (Å²) in [6, 6.07) is 4.95. The zero-order valence-corrected chi connectivity index (χ0v) is 13.4. The van der Waals surface area contributed by atoms with Gasteiger partial charge in [-0.2, -0.15) is 13.2 Å². The van der Waals surface area contributed by atoms with Gasteiger partial charge in [0.05, 0.1) is 5.69 Å². The number of aromatic nitrogens is 2. The zero-order chi connectivity index (χ0) is 18.3. The summed E-state index contributed by atoms with van der Waals surface area (Å²) < 4.78 is 62.3. The second-order valence-corrected chi connectivity index (χ2v) is 6.96. The molecular weight excluding hydrogens is 347 g/mol. The number of rotatable bonds is 3. The van der Waals surface area contributed by atoms with E-state index in [0.717, 1.165) is 0 Å². The minimum Gasteiger partial charge on any atom is -0.366 e. The number of nitrogens with zero attached hydrogens (tertiary/aromatic N) is 2. The topological polar surface area (TPSA) is 103 Å². The Morgan fingerprint density at radius 3 is 2.33 bits per heavy atom. The molecule has 1 aromatic heterocycles. The Labute approximate surface area is 135 Å². The second-order valence-electron chi connectivity index (χ2n) is 5.05. The predicted octanol–water partition coefficient (Wildman–Crippen LogP) is 1.97. The largest absolute Gasteiger partial charge is 0.433 e. The molecule has 1 aromatic carbocycles. The van der Waals surface area contributed by atoms with Gasteiger partial charge in [0.25, 0.3) is 0 Å². The van der Waals surface area contributed by atoms with Crippen LogP contribution in [0.4, 0.5) is 13.2 Å². The van der Waals surface area contributed by atoms with Gasteiger partial charge < -0.3 is 5.73 Å². The molecule has 0 unspecified atom stereocenters. The number of benzene rings is 1. The molecule has 1 heterocycles. The van der Waals surface area contributed by atoms with E-state index in [2.05, 4.69) is 9.97 Å². The van der Waals surface area contributed by atoms with Crippen molar-refractivity contribution in [1.29, 1.82) is 0 Å². The predicted molar refractivity (Wildman–Crippen MR) is 78.8 cm³/mol. The van der Waals surface area contributed by atoms with E-state index in [9.17, 15) is 26.4 Å². The first-order chi connectivity index (χ1) is 10.9. The molecule has 2 N–H and O–H groups in total. The molecule has 0 spiro atoms. The number of hydrogen-bond donors (Lipinski definition) is 1. The van der Waals surface area contributed by atoms with Gasteiger partial charge in [0.1, 0.15) is 5.69 Å². The number of aryl methyl sites for hydroxylation is 1. The van der Waals surface area contributed by atoms with Crippen molar-refractivity contribution >= 4 is 15.7 Å². The van der Waals surface area contributed by atoms with Crippen molar-refractivity contribution < 1.29 is 26.4 Å². The van der Waals surface area contributed by atoms with Crippen LogP contribution < -0.4 is 5.73 Å². The van der Waals surface area contributed by atoms with E-state index in [0.29, 0.717) is 17.9 Å². The minimum atomic E-state index is -4.88. The molecule has 2 aromatic rings. The summed E-state index contributed by atoms with van der Waals surface area (Å²) in [5.74, 6) is -0.873. The summed E-state index contributed by atoms with van der Waals surface area (Å²) in [6.07, 6.45) is -4.19. The Morgan fingerprint density at radius 1 is 1.21 bits per heavy atom. The number of alkyl halides is 3. The van der Waals surface area contributed by atoms with Crippen molar-refractivity contribution in [2.45, 2.75) is 18.3 Å². The molecule has 2 rings (SSSR count). The lowest BCUT2D eigenvalue weighted by Gasteiger charge is -2.13. The number of amides is 1. The van der Waals surface area contributed by atoms with E-state index < -0.39 is 32.8 Å². The van der Waals surface area contributed by atoms with Crippen molar-refractivity contribution in [2.75, 3.05) is 6.26 Å². The third-order valence-electron chi connectivity index (χ3n) is 3.12. The lowest BCUT2D eigenvalue weighted by Crippen LogP contribution is -2.16. The summed E-state index contributed by atoms with van der Waals surface area (Å²) in [5.41, 5.74) is 3.85. The smallest absolute Gasteiger partial charge is 0.366 e. The second kappa shape index (κ2) is 5.86. The summed E-state index contributed by atoms with van der Waals surface area (Å²) in [6.45, 7) is 1.54. The van der Waals surface area contributed by atoms with Crippen LogP contribution in [0.5, 0.6) is 0 Å². The van der Waals surface area contributed by atoms with Crippen molar-refractivity contribution in [2.24, 2.45) is 5.73 Å². The van der Waals surface area contributed by atoms with Gasteiger partial charge in [0, 0.05) is 17.4 Å². The molecule has 24 heavy (non-hydrogen) atoms. The normalized spacial score (nSPS) is 12.2. The fraction of sp³-hybridized carbons (Fsp3) is 0.214. The Kier molecular flexibility index (Phi) is 4.36. The fourth-order valence-corrected chi connectivity index (χ4v) is 2.61. The molecule has 0 radical (unpaired) electrons. The van der Waals surface area contributed by atoms with E-state index >= 15 is 0 Å². The Morgan fingerprint density at radius 2 is 1.83 bits per heavy atom. The molecular formula is C14H12F3N3O3S. The third kappa shape index (κ3) is 3.53. The summed E-state index contributed by atoms with van der Waals surface area (Å²) >= 11 is 0. The van der Waals surface area contributed by atoms with Crippen LogP contribution in [0.25, 0.3) is 11.3 Å². The number of halogens is 3. The molecule has 128 valence electrons. The maximum Gasteiger partial charge on any atom is 0.433 e. The van der Waals surface area contributed by atoms with Crippen molar-refractivity contribution in [3.63, 3.8) is 0 Å². The van der Waals surface area contributed by atoms with Crippen molar-refractivity contribution in [3.8, 4) is 11.3 Å². The molecule has 6 nitrogen and oxygen atoms in total. The number of primary amides is 1. The highest BCUT2D eigenvalue weighted by Gasteiger charge is 2.35. The average Bonchev–Trinajstić information content (AvgIpc) is 2.44. The zero-order valence-electron chi connectivity index (χ0n) is 12.5. The van der Waals surface area contributed by atoms with Crippen LogP contribution in [-0.2, 0) is 16.0 Å². The molecule has 10 heteroatoms. The van der Waals surface area contributed by atoms with Crippen LogP contribution in [0.1, 0.15) is 21.6 Å². The first kappa shape index (κ1) is 17.9. The number of carbonyl (C=O) groups is 1. The van der Waals surface area contributed by atoms with Gasteiger partial charge in [0.15, 0.2) is 0 Å². The molecule has 0 aliphatic carbocycles. The third-order valence-corrected chi connectivity index (χ3v) is 3.97. The van der Waals surface area contributed by atoms with Gasteiger partial charge >= 0.3 is 6.18 Å². The first-order valence-electron chi connectivity index (χ1n) is 6.47. The van der Waals surface area contributed by atoms with E-state index in [4.69, 9.17) is 5.73 Å². The number of nitrogens with two attached hydrogens (primary N) is 1. The lowest BCUT2D eigenvalue weighted by atomic mass is 9.98. The Balaban J connectivity index is 2.88. The molecule has 0 fully saturated rings. The van der Waals surface area contributed by atoms with Gasteiger partial charge in [-0.3, -0.25) is 4.79 Å². The van der Waals surface area contributed by atoms with Gasteiger partial charge in [0.2, 0.25) is 20.9 Å². The summed E-state index contributed by atoms with van der Waals surface area (Å²) in [4.78, 5) is 18.3. The van der Waals surface area contributed by atoms with Crippen molar-refractivity contribution in [3.05, 3.63) is 41.1 Å². The monoisotopic (exact) mass is 359 g/mol. The Hall–Kier alpha value is -2.49. The molecule has 0 bridgehead atoms. The van der Waals surface area contributed by atoms with Gasteiger partial charge in [-0.1, -0.05) is 12.1 Å². The van der Waals surface area contributed by atoms with Crippen LogP contribution in [0.15, 0.2) is 29.4 Å². The molecule has 0 atom stereocenters. The van der Waals surface area contributed by atoms with Crippen LogP contribution in [0, 0.1) is 6.92 Å². The number of sulfone groups is 1. The average molecular weight is 359 g/mol. The highest BCUT2D eigenvalue weighted by atomic mass is 32.2. The van der Waals surface area contributed by atoms with Crippen LogP contribution in [-0.4, -0.2) is 30.5 Å². The van der Waals surface area contributed by atoms with E-state index in [-0.39, 0.29) is 16.8 Å². The van der Waals surface area contributed by atoms with Crippen LogP contribution in [0.3, 0.4) is 0 Å². The van der Waals surface area contributed by atoms with Gasteiger partial charge in [-0.05, 0) is 24.6 Å². The standard InChI is InChI=1S/C14H12F3N3O3S/c1-7-4-3-5-8(12(18)21)11(7)9-6-10(14(15,16)17)20-13(19-9)24(2,22)23/h3-6H,1-2H3,(H2,18,21). The summed E-state index contributed by atoms with van der Waals surface area (Å²) in [7, 11) is -4.10. The maximum absolute atomic E-state index is 13.0. The maximum atomic E-state index is 13.0. The van der Waals surface area contributed by atoms with E-state index in [1.165, 1.54) is 25.1 Å². The van der Waals surface area contributed by atoms with Crippen molar-refractivity contribution in [1.82, 2.24) is 9.97 Å². The SMILES string of the molecule is Cc1cccc(C(N)=O)c1-c1cc(C(F)(F)F)nc(S(C)(=O)=O)n1. The number of carbonyl (C=O) groups excluding carboxylic acids is 1. The quantitative estimate of drug-likeness (QED) is 0.844. The fourth-order valence-electron chi connectivity index (χ4n) is 2.08. The van der Waals surface area contributed by atoms with E-state index in [1.807, 2.05) is 0 Å². The molecule has 0 saturated heterocycles. The van der Waals surface area contributed by atoms with Crippen LogP contribution in [0.2, 0.25) is 0 Å². The highest BCUT2D eigenvalue weighted by molar-refractivity contribution is 7.90. The number of hydrogen-bond acceptors (Lipinski definition) is 5. The van der Waals surface area contributed by atoms with E-state index in [1.54, 1.807) is 0 Å². The minimum absolute atomic E-state index is 0.0304. The van der Waals surface area contributed by atoms with Crippen LogP contribution >= 0.6 is 0 Å². The lowest BCUT2D eigenvalue weighted by molar-refractivity contribution is -0.141. The molecule has 0 aliphatic heterocycles. The first-order valence-corrected chi connectivity index (χ1v) is 8.36. The molecule has 0 saturated carbocycles. The summed E-state index contributed by atoms with van der Waals surface area (Å²) in [5, 5.41) is -0.981. The molecule has 0 aliphatic rings. The van der Waals surface area contributed by atoms with Gasteiger partial charge in [-0.25, -0.2) is 18.4 Å². The Bertz CT molecular complexity index is 925. The molecule has 1 amide bonds. The van der Waals surface area contributed by atoms with Gasteiger partial charge in [-0.15, -0.1) is 0 Å². The highest BCUT2D eigenvalue weighted by Crippen LogP contribution is 2.33.